The van der Waals surface area contributed by atoms with Crippen LogP contribution in [0.3, 0.4) is 0 Å². The molecule has 1 aliphatic rings. The largest absolute Gasteiger partial charge is 0.337 e. The SMILES string of the molecule is CCn1cnc(C(=O)N2CCCNCC2)c1. The number of hydrogen-bond acceptors (Lipinski definition) is 3. The van der Waals surface area contributed by atoms with Gasteiger partial charge in [0, 0.05) is 32.4 Å². The van der Waals surface area contributed by atoms with Gasteiger partial charge in [0.2, 0.25) is 0 Å². The molecule has 1 amide bonds. The quantitative estimate of drug-likeness (QED) is 0.785. The molecule has 1 saturated heterocycles. The monoisotopic (exact) mass is 222 g/mol. The van der Waals surface area contributed by atoms with Crippen molar-refractivity contribution in [3.05, 3.63) is 18.2 Å². The second kappa shape index (κ2) is 5.12. The van der Waals surface area contributed by atoms with Crippen LogP contribution in [0.1, 0.15) is 23.8 Å². The fraction of sp³-hybridized carbons (Fsp3) is 0.636. The summed E-state index contributed by atoms with van der Waals surface area (Å²) in [5.74, 6) is 0.0518. The lowest BCUT2D eigenvalue weighted by molar-refractivity contribution is 0.0761. The number of amides is 1. The van der Waals surface area contributed by atoms with Gasteiger partial charge in [-0.2, -0.15) is 0 Å². The number of rotatable bonds is 2. The van der Waals surface area contributed by atoms with Gasteiger partial charge in [0.1, 0.15) is 5.69 Å². The van der Waals surface area contributed by atoms with Gasteiger partial charge in [0.25, 0.3) is 5.91 Å². The minimum Gasteiger partial charge on any atom is -0.337 e. The van der Waals surface area contributed by atoms with Crippen molar-refractivity contribution in [2.75, 3.05) is 26.2 Å². The molecule has 2 heterocycles. The van der Waals surface area contributed by atoms with Gasteiger partial charge in [-0.05, 0) is 19.9 Å². The molecule has 0 unspecified atom stereocenters. The Morgan fingerprint density at radius 3 is 3.12 bits per heavy atom. The molecule has 1 fully saturated rings. The Bertz CT molecular complexity index is 353. The first kappa shape index (κ1) is 11.1. The maximum atomic E-state index is 12.1. The molecule has 16 heavy (non-hydrogen) atoms. The summed E-state index contributed by atoms with van der Waals surface area (Å²) < 4.78 is 1.92. The number of aromatic nitrogens is 2. The Morgan fingerprint density at radius 2 is 2.38 bits per heavy atom. The summed E-state index contributed by atoms with van der Waals surface area (Å²) in [7, 11) is 0. The summed E-state index contributed by atoms with van der Waals surface area (Å²) in [5.41, 5.74) is 0.559. The Morgan fingerprint density at radius 1 is 1.50 bits per heavy atom. The normalized spacial score (nSPS) is 17.2. The van der Waals surface area contributed by atoms with Crippen LogP contribution in [0.5, 0.6) is 0 Å². The molecule has 0 aliphatic carbocycles. The van der Waals surface area contributed by atoms with Crippen LogP contribution in [0, 0.1) is 0 Å². The third-order valence-electron chi connectivity index (χ3n) is 2.84. The smallest absolute Gasteiger partial charge is 0.274 e. The summed E-state index contributed by atoms with van der Waals surface area (Å²) in [6, 6.07) is 0. The molecule has 0 spiro atoms. The van der Waals surface area contributed by atoms with E-state index >= 15 is 0 Å². The topological polar surface area (TPSA) is 50.2 Å². The van der Waals surface area contributed by atoms with E-state index in [9.17, 15) is 4.79 Å². The first-order valence-electron chi connectivity index (χ1n) is 5.83. The average molecular weight is 222 g/mol. The molecule has 1 aromatic heterocycles. The molecule has 88 valence electrons. The summed E-state index contributed by atoms with van der Waals surface area (Å²) in [6.07, 6.45) is 4.55. The van der Waals surface area contributed by atoms with Gasteiger partial charge in [-0.15, -0.1) is 0 Å². The van der Waals surface area contributed by atoms with E-state index in [0.29, 0.717) is 5.69 Å². The van der Waals surface area contributed by atoms with Crippen LogP contribution in [-0.4, -0.2) is 46.5 Å². The zero-order valence-electron chi connectivity index (χ0n) is 9.65. The van der Waals surface area contributed by atoms with Crippen LogP contribution in [0.25, 0.3) is 0 Å². The summed E-state index contributed by atoms with van der Waals surface area (Å²) >= 11 is 0. The molecular formula is C11H18N4O. The number of hydrogen-bond donors (Lipinski definition) is 1. The van der Waals surface area contributed by atoms with Gasteiger partial charge in [-0.25, -0.2) is 4.98 Å². The molecule has 0 bridgehead atoms. The molecule has 2 rings (SSSR count). The molecule has 0 aromatic carbocycles. The van der Waals surface area contributed by atoms with E-state index in [1.807, 2.05) is 22.6 Å². The van der Waals surface area contributed by atoms with Crippen LogP contribution in [0.2, 0.25) is 0 Å². The third kappa shape index (κ3) is 2.41. The predicted octanol–water partition coefficient (Wildman–Crippen LogP) is 0.338. The molecule has 0 saturated carbocycles. The number of imidazole rings is 1. The van der Waals surface area contributed by atoms with Crippen molar-refractivity contribution < 1.29 is 4.79 Å². The molecule has 0 radical (unpaired) electrons. The summed E-state index contributed by atoms with van der Waals surface area (Å²) in [4.78, 5) is 18.1. The molecule has 0 atom stereocenters. The van der Waals surface area contributed by atoms with Gasteiger partial charge in [-0.3, -0.25) is 4.79 Å². The number of nitrogens with zero attached hydrogens (tertiary/aromatic N) is 3. The Kier molecular flexibility index (Phi) is 3.56. The number of aryl methyl sites for hydroxylation is 1. The fourth-order valence-electron chi connectivity index (χ4n) is 1.85. The predicted molar refractivity (Wildman–Crippen MR) is 61.3 cm³/mol. The van der Waals surface area contributed by atoms with Crippen molar-refractivity contribution in [2.24, 2.45) is 0 Å². The summed E-state index contributed by atoms with van der Waals surface area (Å²) in [5, 5.41) is 3.28. The van der Waals surface area contributed by atoms with Crippen LogP contribution in [0.15, 0.2) is 12.5 Å². The van der Waals surface area contributed by atoms with Crippen molar-refractivity contribution in [2.45, 2.75) is 19.9 Å². The van der Waals surface area contributed by atoms with Crippen LogP contribution >= 0.6 is 0 Å². The highest BCUT2D eigenvalue weighted by Crippen LogP contribution is 2.04. The van der Waals surface area contributed by atoms with Crippen molar-refractivity contribution in [3.63, 3.8) is 0 Å². The minimum atomic E-state index is 0.0518. The first-order chi connectivity index (χ1) is 7.81. The van der Waals surface area contributed by atoms with Crippen LogP contribution < -0.4 is 5.32 Å². The Hall–Kier alpha value is -1.36. The Balaban J connectivity index is 2.05. The highest BCUT2D eigenvalue weighted by atomic mass is 16.2. The number of carbonyl (C=O) groups is 1. The van der Waals surface area contributed by atoms with E-state index in [0.717, 1.165) is 39.1 Å². The zero-order valence-corrected chi connectivity index (χ0v) is 9.65. The van der Waals surface area contributed by atoms with Gasteiger partial charge in [0.15, 0.2) is 0 Å². The maximum Gasteiger partial charge on any atom is 0.274 e. The van der Waals surface area contributed by atoms with E-state index in [-0.39, 0.29) is 5.91 Å². The van der Waals surface area contributed by atoms with E-state index in [4.69, 9.17) is 0 Å². The number of nitrogens with one attached hydrogen (secondary N) is 1. The van der Waals surface area contributed by atoms with Crippen LogP contribution in [0.4, 0.5) is 0 Å². The van der Waals surface area contributed by atoms with E-state index in [1.54, 1.807) is 6.33 Å². The van der Waals surface area contributed by atoms with Crippen LogP contribution in [-0.2, 0) is 6.54 Å². The molecule has 1 aliphatic heterocycles. The lowest BCUT2D eigenvalue weighted by atomic mass is 10.3. The lowest BCUT2D eigenvalue weighted by Gasteiger charge is -2.18. The lowest BCUT2D eigenvalue weighted by Crippen LogP contribution is -2.34. The second-order valence-electron chi connectivity index (χ2n) is 3.99. The fourth-order valence-corrected chi connectivity index (χ4v) is 1.85. The van der Waals surface area contributed by atoms with Crippen molar-refractivity contribution in [3.8, 4) is 0 Å². The van der Waals surface area contributed by atoms with Crippen molar-refractivity contribution >= 4 is 5.91 Å². The zero-order chi connectivity index (χ0) is 11.4. The minimum absolute atomic E-state index is 0.0518. The van der Waals surface area contributed by atoms with E-state index in [1.165, 1.54) is 0 Å². The van der Waals surface area contributed by atoms with Gasteiger partial charge in [-0.1, -0.05) is 0 Å². The first-order valence-corrected chi connectivity index (χ1v) is 5.83. The summed E-state index contributed by atoms with van der Waals surface area (Å²) in [6.45, 7) is 6.35. The highest BCUT2D eigenvalue weighted by Gasteiger charge is 2.18. The average Bonchev–Trinajstić information content (AvgIpc) is 2.62. The van der Waals surface area contributed by atoms with Gasteiger partial charge < -0.3 is 14.8 Å². The van der Waals surface area contributed by atoms with Crippen molar-refractivity contribution in [1.82, 2.24) is 19.8 Å². The van der Waals surface area contributed by atoms with Gasteiger partial charge >= 0.3 is 0 Å². The van der Waals surface area contributed by atoms with E-state index < -0.39 is 0 Å². The molecule has 1 aromatic rings. The maximum absolute atomic E-state index is 12.1. The Labute approximate surface area is 95.5 Å². The highest BCUT2D eigenvalue weighted by molar-refractivity contribution is 5.92. The van der Waals surface area contributed by atoms with E-state index in [2.05, 4.69) is 10.3 Å². The third-order valence-corrected chi connectivity index (χ3v) is 2.84. The standard InChI is InChI=1S/C11H18N4O/c1-2-14-8-10(13-9-14)11(16)15-6-3-4-12-5-7-15/h8-9,12H,2-7H2,1H3. The molecular weight excluding hydrogens is 204 g/mol. The molecule has 5 nitrogen and oxygen atoms in total. The molecule has 5 heteroatoms. The number of carbonyl (C=O) groups excluding carboxylic acids is 1. The van der Waals surface area contributed by atoms with Gasteiger partial charge in [0.05, 0.1) is 6.33 Å². The molecule has 1 N–H and O–H groups in total. The van der Waals surface area contributed by atoms with Crippen molar-refractivity contribution in [1.29, 1.82) is 0 Å². The second-order valence-corrected chi connectivity index (χ2v) is 3.99.